The fourth-order valence-corrected chi connectivity index (χ4v) is 4.93. The van der Waals surface area contributed by atoms with Gasteiger partial charge in [-0.3, -0.25) is 9.78 Å². The number of nitrogens with zero attached hydrogens (tertiary/aromatic N) is 3. The van der Waals surface area contributed by atoms with E-state index in [9.17, 15) is 9.59 Å². The van der Waals surface area contributed by atoms with Crippen LogP contribution in [0.15, 0.2) is 18.5 Å². The molecule has 35 heavy (non-hydrogen) atoms. The lowest BCUT2D eigenvalue weighted by molar-refractivity contribution is -0.143. The average Bonchev–Trinajstić information content (AvgIpc) is 2.82. The number of rotatable bonds is 8. The van der Waals surface area contributed by atoms with Gasteiger partial charge in [-0.05, 0) is 83.9 Å². The third kappa shape index (κ3) is 8.46. The fraction of sp³-hybridized carbons (Fsp3) is 0.741. The first-order valence-corrected chi connectivity index (χ1v) is 13.1. The van der Waals surface area contributed by atoms with Gasteiger partial charge in [-0.15, -0.1) is 0 Å². The van der Waals surface area contributed by atoms with Crippen molar-refractivity contribution >= 4 is 12.0 Å². The zero-order chi connectivity index (χ0) is 25.4. The second-order valence-electron chi connectivity index (χ2n) is 11.0. The molecule has 1 atom stereocenters. The molecule has 8 heteroatoms. The van der Waals surface area contributed by atoms with Crippen LogP contribution in [0.5, 0.6) is 0 Å². The number of aryl methyl sites for hydroxylation is 1. The van der Waals surface area contributed by atoms with Gasteiger partial charge in [-0.25, -0.2) is 4.79 Å². The Morgan fingerprint density at radius 2 is 1.91 bits per heavy atom. The topological polar surface area (TPSA) is 84.0 Å². The lowest BCUT2D eigenvalue weighted by atomic mass is 9.94. The summed E-state index contributed by atoms with van der Waals surface area (Å²) in [7, 11) is 0. The Labute approximate surface area is 210 Å². The first kappa shape index (κ1) is 27.4. The number of aromatic nitrogens is 1. The van der Waals surface area contributed by atoms with Crippen molar-refractivity contribution in [2.45, 2.75) is 91.0 Å². The third-order valence-corrected chi connectivity index (χ3v) is 7.14. The lowest BCUT2D eigenvalue weighted by Gasteiger charge is -2.42. The second-order valence-corrected chi connectivity index (χ2v) is 11.0. The van der Waals surface area contributed by atoms with Crippen molar-refractivity contribution in [1.82, 2.24) is 20.1 Å². The van der Waals surface area contributed by atoms with Crippen LogP contribution in [0.3, 0.4) is 0 Å². The number of piperidine rings is 1. The van der Waals surface area contributed by atoms with E-state index >= 15 is 0 Å². The van der Waals surface area contributed by atoms with E-state index in [-0.39, 0.29) is 24.0 Å². The molecule has 1 N–H and O–H groups in total. The van der Waals surface area contributed by atoms with E-state index in [4.69, 9.17) is 9.47 Å². The first-order chi connectivity index (χ1) is 16.6. The van der Waals surface area contributed by atoms with E-state index in [0.717, 1.165) is 50.8 Å². The smallest absolute Gasteiger partial charge is 0.407 e. The van der Waals surface area contributed by atoms with Crippen molar-refractivity contribution in [3.8, 4) is 0 Å². The molecule has 2 fully saturated rings. The van der Waals surface area contributed by atoms with E-state index in [0.29, 0.717) is 32.3 Å². The van der Waals surface area contributed by atoms with Gasteiger partial charge >= 0.3 is 6.09 Å². The molecular formula is C27H44N4O4. The number of ether oxygens (including phenoxy) is 2. The molecule has 0 radical (unpaired) electrons. The summed E-state index contributed by atoms with van der Waals surface area (Å²) in [6.45, 7) is 14.3. The van der Waals surface area contributed by atoms with Gasteiger partial charge in [-0.2, -0.15) is 0 Å². The van der Waals surface area contributed by atoms with E-state index in [1.54, 1.807) is 6.20 Å². The van der Waals surface area contributed by atoms with Crippen LogP contribution in [-0.2, 0) is 20.8 Å². The lowest BCUT2D eigenvalue weighted by Crippen LogP contribution is -2.51. The van der Waals surface area contributed by atoms with Crippen molar-refractivity contribution in [2.24, 2.45) is 5.92 Å². The van der Waals surface area contributed by atoms with Crippen molar-refractivity contribution < 1.29 is 19.1 Å². The summed E-state index contributed by atoms with van der Waals surface area (Å²) in [5, 5.41) is 2.86. The van der Waals surface area contributed by atoms with Gasteiger partial charge in [0.2, 0.25) is 5.91 Å². The molecule has 0 aromatic carbocycles. The minimum atomic E-state index is -0.486. The molecule has 1 aromatic heterocycles. The monoisotopic (exact) mass is 488 g/mol. The van der Waals surface area contributed by atoms with E-state index in [1.165, 1.54) is 5.56 Å². The Morgan fingerprint density at radius 3 is 2.54 bits per heavy atom. The summed E-state index contributed by atoms with van der Waals surface area (Å²) in [6, 6.07) is 2.60. The van der Waals surface area contributed by atoms with Gasteiger partial charge in [-0.1, -0.05) is 0 Å². The minimum absolute atomic E-state index is 0.0524. The number of likely N-dealkylation sites (tertiary alicyclic amines) is 1. The molecule has 0 saturated carbocycles. The zero-order valence-electron chi connectivity index (χ0n) is 22.2. The maximum absolute atomic E-state index is 13.6. The number of nitrogens with one attached hydrogen (secondary N) is 1. The molecule has 2 aliphatic heterocycles. The number of alkyl carbamates (subject to hydrolysis) is 1. The zero-order valence-corrected chi connectivity index (χ0v) is 22.2. The summed E-state index contributed by atoms with van der Waals surface area (Å²) < 4.78 is 10.8. The standard InChI is InChI=1S/C27H44N4O4/c1-20-6-12-28-18-23(20)19-31(25(32)22-10-16-34-17-11-22)24-8-14-30(15-9-24)21(2)7-13-29-26(33)35-27(3,4)5/h6,12,18,21-22,24H,7-11,13-17,19H2,1-5H3,(H,29,33). The van der Waals surface area contributed by atoms with Crippen LogP contribution >= 0.6 is 0 Å². The molecule has 3 heterocycles. The van der Waals surface area contributed by atoms with Crippen molar-refractivity contribution in [3.63, 3.8) is 0 Å². The van der Waals surface area contributed by atoms with Crippen LogP contribution in [0.1, 0.15) is 70.9 Å². The normalized spacial score (nSPS) is 19.2. The van der Waals surface area contributed by atoms with Crippen LogP contribution < -0.4 is 5.32 Å². The maximum Gasteiger partial charge on any atom is 0.407 e. The summed E-state index contributed by atoms with van der Waals surface area (Å²) in [4.78, 5) is 34.4. The summed E-state index contributed by atoms with van der Waals surface area (Å²) in [5.74, 6) is 0.321. The number of hydrogen-bond acceptors (Lipinski definition) is 6. The summed E-state index contributed by atoms with van der Waals surface area (Å²) in [5.41, 5.74) is 1.81. The molecule has 3 rings (SSSR count). The third-order valence-electron chi connectivity index (χ3n) is 7.14. The van der Waals surface area contributed by atoms with Gasteiger partial charge < -0.3 is 24.6 Å². The Hall–Kier alpha value is -2.19. The highest BCUT2D eigenvalue weighted by molar-refractivity contribution is 5.79. The number of carbonyl (C=O) groups is 2. The van der Waals surface area contributed by atoms with Gasteiger partial charge in [0.25, 0.3) is 0 Å². The van der Waals surface area contributed by atoms with Crippen LogP contribution in [0.4, 0.5) is 4.79 Å². The largest absolute Gasteiger partial charge is 0.444 e. The average molecular weight is 489 g/mol. The minimum Gasteiger partial charge on any atom is -0.444 e. The molecule has 2 amide bonds. The Bertz CT molecular complexity index is 827. The molecule has 1 aromatic rings. The molecule has 1 unspecified atom stereocenters. The molecule has 0 spiro atoms. The fourth-order valence-electron chi connectivity index (χ4n) is 4.93. The first-order valence-electron chi connectivity index (χ1n) is 13.1. The van der Waals surface area contributed by atoms with Crippen LogP contribution in [0.25, 0.3) is 0 Å². The predicted octanol–water partition coefficient (Wildman–Crippen LogP) is 3.91. The SMILES string of the molecule is Cc1ccncc1CN(C(=O)C1CCOCC1)C1CCN(C(C)CCNC(=O)OC(C)(C)C)CC1. The summed E-state index contributed by atoms with van der Waals surface area (Å²) >= 11 is 0. The Morgan fingerprint density at radius 1 is 1.23 bits per heavy atom. The molecule has 8 nitrogen and oxygen atoms in total. The van der Waals surface area contributed by atoms with Gasteiger partial charge in [0.15, 0.2) is 0 Å². The predicted molar refractivity (Wildman–Crippen MR) is 136 cm³/mol. The quantitative estimate of drug-likeness (QED) is 0.597. The van der Waals surface area contributed by atoms with Crippen molar-refractivity contribution in [2.75, 3.05) is 32.8 Å². The maximum atomic E-state index is 13.6. The number of hydrogen-bond donors (Lipinski definition) is 1. The molecule has 0 bridgehead atoms. The molecule has 2 aliphatic rings. The highest BCUT2D eigenvalue weighted by Crippen LogP contribution is 2.26. The molecule has 2 saturated heterocycles. The number of carbonyl (C=O) groups excluding carboxylic acids is 2. The van der Waals surface area contributed by atoms with E-state index in [1.807, 2.05) is 33.0 Å². The molecule has 196 valence electrons. The van der Waals surface area contributed by atoms with Crippen LogP contribution in [0.2, 0.25) is 0 Å². The Kier molecular flexibility index (Phi) is 9.92. The highest BCUT2D eigenvalue weighted by Gasteiger charge is 2.34. The Balaban J connectivity index is 1.55. The van der Waals surface area contributed by atoms with Crippen LogP contribution in [-0.4, -0.2) is 77.3 Å². The molecular weight excluding hydrogens is 444 g/mol. The summed E-state index contributed by atoms with van der Waals surface area (Å²) in [6.07, 6.45) is 7.73. The molecule has 0 aliphatic carbocycles. The van der Waals surface area contributed by atoms with Gasteiger partial charge in [0, 0.05) is 69.8 Å². The number of amides is 2. The van der Waals surface area contributed by atoms with Gasteiger partial charge in [0.1, 0.15) is 5.60 Å². The van der Waals surface area contributed by atoms with E-state index in [2.05, 4.69) is 33.9 Å². The van der Waals surface area contributed by atoms with Crippen LogP contribution in [0, 0.1) is 12.8 Å². The van der Waals surface area contributed by atoms with Crippen molar-refractivity contribution in [1.29, 1.82) is 0 Å². The number of pyridine rings is 1. The van der Waals surface area contributed by atoms with Crippen molar-refractivity contribution in [3.05, 3.63) is 29.6 Å². The second kappa shape index (κ2) is 12.7. The highest BCUT2D eigenvalue weighted by atomic mass is 16.6. The van der Waals surface area contributed by atoms with E-state index < -0.39 is 5.60 Å². The van der Waals surface area contributed by atoms with Gasteiger partial charge in [0.05, 0.1) is 0 Å².